The monoisotopic (exact) mass is 433 g/mol. The molecule has 0 bridgehead atoms. The Bertz CT molecular complexity index is 766. The maximum absolute atomic E-state index is 6.26. The molecule has 0 radical (unpaired) electrons. The van der Waals surface area contributed by atoms with Crippen molar-refractivity contribution in [3.05, 3.63) is 43.4 Å². The molecule has 0 fully saturated rings. The predicted octanol–water partition coefficient (Wildman–Crippen LogP) is 5.37. The van der Waals surface area contributed by atoms with Gasteiger partial charge in [0.25, 0.3) is 0 Å². The SMILES string of the molecule is CC(Cl)c1nc2cc(Br)cnc2n1Cc1cc(Br)cs1. The summed E-state index contributed by atoms with van der Waals surface area (Å²) in [4.78, 5) is 10.3. The molecule has 104 valence electrons. The van der Waals surface area contributed by atoms with Gasteiger partial charge in [-0.05, 0) is 50.9 Å². The second-order valence-corrected chi connectivity index (χ2v) is 7.88. The minimum absolute atomic E-state index is 0.161. The number of aromatic nitrogens is 3. The van der Waals surface area contributed by atoms with E-state index in [0.29, 0.717) is 0 Å². The molecular weight excluding hydrogens is 425 g/mol. The van der Waals surface area contributed by atoms with Crippen LogP contribution in [0.3, 0.4) is 0 Å². The predicted molar refractivity (Wildman–Crippen MR) is 90.6 cm³/mol. The summed E-state index contributed by atoms with van der Waals surface area (Å²) in [6.45, 7) is 2.66. The average molecular weight is 436 g/mol. The van der Waals surface area contributed by atoms with Gasteiger partial charge in [0.05, 0.1) is 11.9 Å². The first kappa shape index (κ1) is 14.5. The van der Waals surface area contributed by atoms with Crippen molar-refractivity contribution in [1.29, 1.82) is 0 Å². The van der Waals surface area contributed by atoms with Crippen LogP contribution in [0.25, 0.3) is 11.2 Å². The number of thiophene rings is 1. The van der Waals surface area contributed by atoms with Gasteiger partial charge in [-0.2, -0.15) is 0 Å². The van der Waals surface area contributed by atoms with Gasteiger partial charge in [0, 0.05) is 25.4 Å². The molecule has 0 spiro atoms. The Morgan fingerprint density at radius 1 is 1.35 bits per heavy atom. The Balaban J connectivity index is 2.13. The summed E-state index contributed by atoms with van der Waals surface area (Å²) in [6, 6.07) is 4.07. The molecule has 3 heterocycles. The van der Waals surface area contributed by atoms with Crippen molar-refractivity contribution in [1.82, 2.24) is 14.5 Å². The summed E-state index contributed by atoms with van der Waals surface area (Å²) < 4.78 is 4.10. The van der Waals surface area contributed by atoms with Gasteiger partial charge in [0.15, 0.2) is 5.65 Å². The van der Waals surface area contributed by atoms with Crippen LogP contribution < -0.4 is 0 Å². The second-order valence-electron chi connectivity index (χ2n) is 4.40. The molecule has 0 aliphatic rings. The molecule has 0 aromatic carbocycles. The van der Waals surface area contributed by atoms with Gasteiger partial charge < -0.3 is 4.57 Å². The molecule has 7 heteroatoms. The summed E-state index contributed by atoms with van der Waals surface area (Å²) in [5, 5.41) is 1.91. The lowest BCUT2D eigenvalue weighted by Gasteiger charge is -2.08. The molecule has 0 saturated carbocycles. The van der Waals surface area contributed by atoms with E-state index in [9.17, 15) is 0 Å². The Morgan fingerprint density at radius 2 is 2.15 bits per heavy atom. The fourth-order valence-electron chi connectivity index (χ4n) is 2.06. The smallest absolute Gasteiger partial charge is 0.160 e. The summed E-state index contributed by atoms with van der Waals surface area (Å²) >= 11 is 14.9. The molecule has 1 unspecified atom stereocenters. The van der Waals surface area contributed by atoms with Crippen LogP contribution in [0, 0.1) is 0 Å². The summed E-state index contributed by atoms with van der Waals surface area (Å²) in [6.07, 6.45) is 1.79. The zero-order valence-corrected chi connectivity index (χ0v) is 15.2. The highest BCUT2D eigenvalue weighted by atomic mass is 79.9. The highest BCUT2D eigenvalue weighted by Gasteiger charge is 2.17. The fourth-order valence-corrected chi connectivity index (χ4v) is 3.98. The largest absolute Gasteiger partial charge is 0.306 e. The molecule has 0 aliphatic carbocycles. The number of rotatable bonds is 3. The number of pyridine rings is 1. The van der Waals surface area contributed by atoms with E-state index in [0.717, 1.165) is 32.5 Å². The van der Waals surface area contributed by atoms with Crippen LogP contribution in [0.5, 0.6) is 0 Å². The van der Waals surface area contributed by atoms with E-state index in [1.54, 1.807) is 17.5 Å². The average Bonchev–Trinajstić information content (AvgIpc) is 2.94. The van der Waals surface area contributed by atoms with E-state index in [2.05, 4.69) is 57.8 Å². The Labute approximate surface area is 142 Å². The molecule has 0 N–H and O–H groups in total. The molecule has 3 aromatic rings. The molecule has 3 rings (SSSR count). The Morgan fingerprint density at radius 3 is 2.80 bits per heavy atom. The zero-order chi connectivity index (χ0) is 14.3. The summed E-state index contributed by atoms with van der Waals surface area (Å²) in [5.41, 5.74) is 1.72. The van der Waals surface area contributed by atoms with Crippen LogP contribution in [-0.4, -0.2) is 14.5 Å². The number of fused-ring (bicyclic) bond motifs is 1. The highest BCUT2D eigenvalue weighted by molar-refractivity contribution is 9.10. The van der Waals surface area contributed by atoms with Crippen LogP contribution in [0.4, 0.5) is 0 Å². The second kappa shape index (κ2) is 5.75. The third kappa shape index (κ3) is 2.79. The minimum Gasteiger partial charge on any atom is -0.306 e. The molecule has 3 nitrogen and oxygen atoms in total. The number of alkyl halides is 1. The van der Waals surface area contributed by atoms with Gasteiger partial charge in [-0.1, -0.05) is 0 Å². The van der Waals surface area contributed by atoms with E-state index < -0.39 is 0 Å². The first-order chi connectivity index (χ1) is 9.54. The van der Waals surface area contributed by atoms with Gasteiger partial charge in [-0.25, -0.2) is 9.97 Å². The number of hydrogen-bond acceptors (Lipinski definition) is 3. The van der Waals surface area contributed by atoms with E-state index in [1.165, 1.54) is 4.88 Å². The number of nitrogens with zero attached hydrogens (tertiary/aromatic N) is 3. The molecule has 3 aromatic heterocycles. The fraction of sp³-hybridized carbons (Fsp3) is 0.231. The van der Waals surface area contributed by atoms with Crippen LogP contribution in [-0.2, 0) is 6.54 Å². The normalized spacial score (nSPS) is 13.0. The van der Waals surface area contributed by atoms with Gasteiger partial charge in [0.1, 0.15) is 11.3 Å². The van der Waals surface area contributed by atoms with Gasteiger partial charge in [-0.15, -0.1) is 22.9 Å². The lowest BCUT2D eigenvalue weighted by atomic mass is 10.4. The van der Waals surface area contributed by atoms with Crippen molar-refractivity contribution in [2.45, 2.75) is 18.8 Å². The quantitative estimate of drug-likeness (QED) is 0.518. The maximum Gasteiger partial charge on any atom is 0.160 e. The Kier molecular flexibility index (Phi) is 4.17. The van der Waals surface area contributed by atoms with E-state index in [4.69, 9.17) is 11.6 Å². The zero-order valence-electron chi connectivity index (χ0n) is 10.5. The van der Waals surface area contributed by atoms with Crippen LogP contribution in [0.15, 0.2) is 32.7 Å². The maximum atomic E-state index is 6.26. The van der Waals surface area contributed by atoms with Crippen molar-refractivity contribution in [2.75, 3.05) is 0 Å². The number of halogens is 3. The molecule has 0 aliphatic heterocycles. The van der Waals surface area contributed by atoms with Gasteiger partial charge in [0.2, 0.25) is 0 Å². The van der Waals surface area contributed by atoms with Crippen LogP contribution in [0.2, 0.25) is 0 Å². The van der Waals surface area contributed by atoms with Crippen molar-refractivity contribution in [3.8, 4) is 0 Å². The molecule has 0 amide bonds. The van der Waals surface area contributed by atoms with E-state index >= 15 is 0 Å². The lowest BCUT2D eigenvalue weighted by molar-refractivity contribution is 0.744. The van der Waals surface area contributed by atoms with E-state index in [1.807, 2.05) is 13.0 Å². The molecule has 20 heavy (non-hydrogen) atoms. The van der Waals surface area contributed by atoms with Crippen molar-refractivity contribution in [2.24, 2.45) is 0 Å². The molecule has 0 saturated heterocycles. The van der Waals surface area contributed by atoms with Crippen LogP contribution in [0.1, 0.15) is 23.0 Å². The van der Waals surface area contributed by atoms with Gasteiger partial charge in [-0.3, -0.25) is 0 Å². The topological polar surface area (TPSA) is 30.7 Å². The third-order valence-electron chi connectivity index (χ3n) is 2.87. The minimum atomic E-state index is -0.161. The standard InChI is InChI=1S/C13H10Br2ClN3S/c1-7(16)12-18-11-3-8(14)4-17-13(11)19(12)5-10-2-9(15)6-20-10/h2-4,6-7H,5H2,1H3. The number of hydrogen-bond donors (Lipinski definition) is 0. The third-order valence-corrected chi connectivity index (χ3v) is 5.18. The summed E-state index contributed by atoms with van der Waals surface area (Å²) in [5.74, 6) is 0.844. The summed E-state index contributed by atoms with van der Waals surface area (Å²) in [7, 11) is 0. The van der Waals surface area contributed by atoms with Gasteiger partial charge >= 0.3 is 0 Å². The number of imidazole rings is 1. The van der Waals surface area contributed by atoms with E-state index in [-0.39, 0.29) is 5.38 Å². The lowest BCUT2D eigenvalue weighted by Crippen LogP contribution is -2.05. The molecular formula is C13H10Br2ClN3S. The first-order valence-corrected chi connectivity index (χ1v) is 8.83. The first-order valence-electron chi connectivity index (χ1n) is 5.93. The highest BCUT2D eigenvalue weighted by Crippen LogP contribution is 2.28. The van der Waals surface area contributed by atoms with Crippen LogP contribution >= 0.6 is 54.8 Å². The van der Waals surface area contributed by atoms with Crippen molar-refractivity contribution < 1.29 is 0 Å². The Hall–Kier alpha value is -0.430. The van der Waals surface area contributed by atoms with Crippen molar-refractivity contribution >= 4 is 66.0 Å². The molecule has 1 atom stereocenters. The van der Waals surface area contributed by atoms with Crippen molar-refractivity contribution in [3.63, 3.8) is 0 Å².